The van der Waals surface area contributed by atoms with E-state index >= 15 is 0 Å². The maximum absolute atomic E-state index is 13.4. The summed E-state index contributed by atoms with van der Waals surface area (Å²) in [5.41, 5.74) is 0.531. The second kappa shape index (κ2) is 8.07. The molecule has 1 aliphatic rings. The number of nitro groups is 1. The van der Waals surface area contributed by atoms with Gasteiger partial charge in [0.25, 0.3) is 11.6 Å². The van der Waals surface area contributed by atoms with Crippen LogP contribution in [-0.2, 0) is 9.59 Å². The number of hydrogen-bond donors (Lipinski definition) is 1. The van der Waals surface area contributed by atoms with Gasteiger partial charge in [0.2, 0.25) is 5.91 Å². The summed E-state index contributed by atoms with van der Waals surface area (Å²) in [6, 6.07) is 7.08. The summed E-state index contributed by atoms with van der Waals surface area (Å²) in [4.78, 5) is 40.4. The van der Waals surface area contributed by atoms with Gasteiger partial charge in [0.1, 0.15) is 12.3 Å². The summed E-state index contributed by atoms with van der Waals surface area (Å²) < 4.78 is 31.8. The van der Waals surface area contributed by atoms with Gasteiger partial charge in [-0.15, -0.1) is 11.3 Å². The SMILES string of the molecule is O=C(CN1C(=O)COc2ccc([N+](=O)[O-])cc21)Nc1nc(-c2ccc(F)c(F)c2)cs1. The standard InChI is InChI=1S/C19H12F2N4O5S/c20-12-3-1-10(5-13(12)21)14-9-31-19(22-14)23-17(26)7-24-15-6-11(25(28)29)2-4-16(15)30-8-18(24)27/h1-6,9H,7-8H2,(H,22,23,26). The Balaban J connectivity index is 1.50. The molecule has 12 heteroatoms. The first-order chi connectivity index (χ1) is 14.8. The molecule has 158 valence electrons. The smallest absolute Gasteiger partial charge is 0.271 e. The number of ether oxygens (including phenoxy) is 1. The Labute approximate surface area is 177 Å². The van der Waals surface area contributed by atoms with E-state index < -0.39 is 34.9 Å². The lowest BCUT2D eigenvalue weighted by Crippen LogP contribution is -2.43. The predicted molar refractivity (Wildman–Crippen MR) is 107 cm³/mol. The van der Waals surface area contributed by atoms with Gasteiger partial charge < -0.3 is 10.1 Å². The highest BCUT2D eigenvalue weighted by Gasteiger charge is 2.29. The molecule has 9 nitrogen and oxygen atoms in total. The predicted octanol–water partition coefficient (Wildman–Crippen LogP) is 3.36. The molecule has 0 saturated carbocycles. The summed E-state index contributed by atoms with van der Waals surface area (Å²) in [5.74, 6) is -2.89. The van der Waals surface area contributed by atoms with Crippen molar-refractivity contribution in [2.24, 2.45) is 0 Å². The van der Waals surface area contributed by atoms with E-state index in [-0.39, 0.29) is 28.9 Å². The molecular formula is C19H12F2N4O5S. The number of nitrogens with zero attached hydrogens (tertiary/aromatic N) is 3. The van der Waals surface area contributed by atoms with Crippen LogP contribution in [0.3, 0.4) is 0 Å². The fourth-order valence-corrected chi connectivity index (χ4v) is 3.63. The molecule has 4 rings (SSSR count). The monoisotopic (exact) mass is 446 g/mol. The number of carbonyl (C=O) groups is 2. The van der Waals surface area contributed by atoms with E-state index in [0.29, 0.717) is 11.3 Å². The number of benzene rings is 2. The van der Waals surface area contributed by atoms with Crippen molar-refractivity contribution < 1.29 is 28.0 Å². The Hall–Kier alpha value is -3.93. The Morgan fingerprint density at radius 1 is 1.26 bits per heavy atom. The molecule has 0 unspecified atom stereocenters. The molecule has 0 spiro atoms. The third-order valence-electron chi connectivity index (χ3n) is 4.36. The van der Waals surface area contributed by atoms with Crippen LogP contribution in [0, 0.1) is 21.7 Å². The molecule has 1 N–H and O–H groups in total. The van der Waals surface area contributed by atoms with Gasteiger partial charge in [0, 0.05) is 23.1 Å². The lowest BCUT2D eigenvalue weighted by molar-refractivity contribution is -0.384. The fourth-order valence-electron chi connectivity index (χ4n) is 2.90. The van der Waals surface area contributed by atoms with Gasteiger partial charge in [0.05, 0.1) is 16.3 Å². The number of nitro benzene ring substituents is 1. The van der Waals surface area contributed by atoms with Crippen LogP contribution in [0.1, 0.15) is 0 Å². The van der Waals surface area contributed by atoms with Gasteiger partial charge in [-0.1, -0.05) is 0 Å². The van der Waals surface area contributed by atoms with Crippen molar-refractivity contribution in [3.05, 3.63) is 63.5 Å². The number of carbonyl (C=O) groups excluding carboxylic acids is 2. The number of amides is 2. The van der Waals surface area contributed by atoms with Gasteiger partial charge in [-0.25, -0.2) is 13.8 Å². The van der Waals surface area contributed by atoms with E-state index in [2.05, 4.69) is 10.3 Å². The first-order valence-electron chi connectivity index (χ1n) is 8.74. The van der Waals surface area contributed by atoms with Gasteiger partial charge in [-0.3, -0.25) is 24.6 Å². The summed E-state index contributed by atoms with van der Waals surface area (Å²) in [7, 11) is 0. The second-order valence-electron chi connectivity index (χ2n) is 6.39. The van der Waals surface area contributed by atoms with Crippen molar-refractivity contribution in [1.29, 1.82) is 0 Å². The Morgan fingerprint density at radius 3 is 2.81 bits per heavy atom. The number of hydrogen-bond acceptors (Lipinski definition) is 7. The maximum atomic E-state index is 13.4. The number of rotatable bonds is 5. The molecule has 3 aromatic rings. The Kier molecular flexibility index (Phi) is 5.29. The number of thiazole rings is 1. The highest BCUT2D eigenvalue weighted by Crippen LogP contribution is 2.35. The minimum Gasteiger partial charge on any atom is -0.482 e. The van der Waals surface area contributed by atoms with Crippen LogP contribution in [0.15, 0.2) is 41.8 Å². The van der Waals surface area contributed by atoms with E-state index in [9.17, 15) is 28.5 Å². The molecule has 31 heavy (non-hydrogen) atoms. The molecular weight excluding hydrogens is 434 g/mol. The zero-order chi connectivity index (χ0) is 22.1. The van der Waals surface area contributed by atoms with Crippen LogP contribution in [0.2, 0.25) is 0 Å². The Morgan fingerprint density at radius 2 is 2.06 bits per heavy atom. The van der Waals surface area contributed by atoms with E-state index in [1.165, 1.54) is 18.2 Å². The van der Waals surface area contributed by atoms with Gasteiger partial charge in [-0.2, -0.15) is 0 Å². The van der Waals surface area contributed by atoms with E-state index in [0.717, 1.165) is 34.4 Å². The number of anilines is 2. The molecule has 1 aliphatic heterocycles. The quantitative estimate of drug-likeness (QED) is 0.475. The molecule has 0 aliphatic carbocycles. The topological polar surface area (TPSA) is 115 Å². The van der Waals surface area contributed by atoms with E-state index in [1.807, 2.05) is 0 Å². The van der Waals surface area contributed by atoms with Crippen LogP contribution < -0.4 is 15.0 Å². The summed E-state index contributed by atoms with van der Waals surface area (Å²) in [6.45, 7) is -0.730. The lowest BCUT2D eigenvalue weighted by Gasteiger charge is -2.28. The van der Waals surface area contributed by atoms with Crippen molar-refractivity contribution in [2.45, 2.75) is 0 Å². The minimum atomic E-state index is -1.02. The van der Waals surface area contributed by atoms with Crippen molar-refractivity contribution in [3.63, 3.8) is 0 Å². The summed E-state index contributed by atoms with van der Waals surface area (Å²) in [6.07, 6.45) is 0. The number of non-ortho nitro benzene ring substituents is 1. The first-order valence-corrected chi connectivity index (χ1v) is 9.62. The molecule has 0 atom stereocenters. The third kappa shape index (κ3) is 4.19. The van der Waals surface area contributed by atoms with Crippen LogP contribution in [0.5, 0.6) is 5.75 Å². The molecule has 0 saturated heterocycles. The maximum Gasteiger partial charge on any atom is 0.271 e. The van der Waals surface area contributed by atoms with Crippen LogP contribution in [0.4, 0.5) is 25.3 Å². The molecule has 0 radical (unpaired) electrons. The fraction of sp³-hybridized carbons (Fsp3) is 0.105. The zero-order valence-electron chi connectivity index (χ0n) is 15.5. The number of fused-ring (bicyclic) bond motifs is 1. The molecule has 2 aromatic carbocycles. The van der Waals surface area contributed by atoms with Gasteiger partial charge in [0.15, 0.2) is 23.4 Å². The number of halogens is 2. The number of nitrogens with one attached hydrogen (secondary N) is 1. The summed E-state index contributed by atoms with van der Waals surface area (Å²) in [5, 5.41) is 15.3. The summed E-state index contributed by atoms with van der Waals surface area (Å²) >= 11 is 1.06. The van der Waals surface area contributed by atoms with E-state index in [1.54, 1.807) is 5.38 Å². The number of aromatic nitrogens is 1. The van der Waals surface area contributed by atoms with Crippen LogP contribution in [0.25, 0.3) is 11.3 Å². The zero-order valence-corrected chi connectivity index (χ0v) is 16.3. The van der Waals surface area contributed by atoms with Crippen LogP contribution in [-0.4, -0.2) is 34.9 Å². The molecule has 1 aromatic heterocycles. The van der Waals surface area contributed by atoms with Crippen LogP contribution >= 0.6 is 11.3 Å². The second-order valence-corrected chi connectivity index (χ2v) is 7.25. The molecule has 0 bridgehead atoms. The third-order valence-corrected chi connectivity index (χ3v) is 5.12. The normalized spacial score (nSPS) is 12.8. The highest BCUT2D eigenvalue weighted by molar-refractivity contribution is 7.14. The van der Waals surface area contributed by atoms with Crippen molar-refractivity contribution in [1.82, 2.24) is 4.98 Å². The Bertz CT molecular complexity index is 1220. The largest absolute Gasteiger partial charge is 0.482 e. The lowest BCUT2D eigenvalue weighted by atomic mass is 10.2. The van der Waals surface area contributed by atoms with Crippen molar-refractivity contribution in [3.8, 4) is 17.0 Å². The molecule has 0 fully saturated rings. The van der Waals surface area contributed by atoms with E-state index in [4.69, 9.17) is 4.74 Å². The van der Waals surface area contributed by atoms with Gasteiger partial charge >= 0.3 is 0 Å². The highest BCUT2D eigenvalue weighted by atomic mass is 32.1. The van der Waals surface area contributed by atoms with Gasteiger partial charge in [-0.05, 0) is 24.3 Å². The average molecular weight is 446 g/mol. The minimum absolute atomic E-state index is 0.113. The molecule has 2 amide bonds. The molecule has 2 heterocycles. The van der Waals surface area contributed by atoms with Crippen molar-refractivity contribution in [2.75, 3.05) is 23.4 Å². The first kappa shape index (κ1) is 20.3. The van der Waals surface area contributed by atoms with Crippen molar-refractivity contribution >= 4 is 39.7 Å². The average Bonchev–Trinajstić information content (AvgIpc) is 3.20.